The van der Waals surface area contributed by atoms with Crippen molar-refractivity contribution in [3.05, 3.63) is 96.4 Å². The van der Waals surface area contributed by atoms with Gasteiger partial charge in [-0.25, -0.2) is 5.43 Å². The first kappa shape index (κ1) is 22.0. The normalized spacial score (nSPS) is 10.7. The van der Waals surface area contributed by atoms with Gasteiger partial charge in [-0.2, -0.15) is 20.1 Å². The molecule has 0 aliphatic heterocycles. The van der Waals surface area contributed by atoms with Crippen LogP contribution in [0.25, 0.3) is 5.69 Å². The topological polar surface area (TPSA) is 143 Å². The number of nitriles is 1. The van der Waals surface area contributed by atoms with E-state index in [4.69, 9.17) is 0 Å². The molecule has 0 bridgehead atoms. The number of carbonyl (C=O) groups is 1. The summed E-state index contributed by atoms with van der Waals surface area (Å²) in [4.78, 5) is 35.8. The molecule has 1 heterocycles. The Hall–Kier alpha value is -4.65. The van der Waals surface area contributed by atoms with Gasteiger partial charge in [-0.15, -0.1) is 0 Å². The molecule has 0 aliphatic carbocycles. The zero-order valence-corrected chi connectivity index (χ0v) is 17.5. The Kier molecular flexibility index (Phi) is 6.21. The van der Waals surface area contributed by atoms with Crippen LogP contribution in [-0.2, 0) is 0 Å². The van der Waals surface area contributed by atoms with Crippen LogP contribution in [0.4, 0.5) is 5.69 Å². The molecule has 3 rings (SSSR count). The monoisotopic (exact) mass is 430 g/mol. The summed E-state index contributed by atoms with van der Waals surface area (Å²) in [7, 11) is 0. The largest absolute Gasteiger partial charge is 0.292 e. The van der Waals surface area contributed by atoms with Crippen LogP contribution in [0, 0.1) is 42.2 Å². The summed E-state index contributed by atoms with van der Waals surface area (Å²) in [6.07, 6.45) is 1.24. The zero-order chi connectivity index (χ0) is 23.4. The highest BCUT2D eigenvalue weighted by atomic mass is 16.6. The second-order valence-electron chi connectivity index (χ2n) is 7.00. The molecule has 0 saturated heterocycles. The van der Waals surface area contributed by atoms with Crippen LogP contribution in [-0.4, -0.2) is 26.8 Å². The Balaban J connectivity index is 1.96. The van der Waals surface area contributed by atoms with Gasteiger partial charge in [0.15, 0.2) is 5.69 Å². The third kappa shape index (κ3) is 4.41. The predicted octanol–water partition coefficient (Wildman–Crippen LogP) is 2.70. The number of aromatic nitrogens is 2. The van der Waals surface area contributed by atoms with Gasteiger partial charge in [0, 0.05) is 23.3 Å². The molecule has 1 aromatic heterocycles. The first-order valence-corrected chi connectivity index (χ1v) is 9.42. The standard InChI is InChI=1S/C22H18N6O4/c1-13-7-8-17(9-14(13)2)27-22(30)19(11-23)15(3)20(26-27)21(29)25-24-12-16-5-4-6-18(10-16)28(31)32/h4-10,12H,1-3H3,(H,25,29)/b24-12+. The molecule has 160 valence electrons. The molecule has 0 spiro atoms. The lowest BCUT2D eigenvalue weighted by Gasteiger charge is -2.11. The van der Waals surface area contributed by atoms with Crippen molar-refractivity contribution in [2.45, 2.75) is 20.8 Å². The summed E-state index contributed by atoms with van der Waals surface area (Å²) < 4.78 is 1.01. The minimum atomic E-state index is -0.738. The van der Waals surface area contributed by atoms with Crippen LogP contribution in [0.3, 0.4) is 0 Å². The Bertz CT molecular complexity index is 1370. The third-order valence-corrected chi connectivity index (χ3v) is 4.86. The van der Waals surface area contributed by atoms with Gasteiger partial charge in [-0.1, -0.05) is 18.2 Å². The number of nitro benzene ring substituents is 1. The molecule has 1 N–H and O–H groups in total. The van der Waals surface area contributed by atoms with Crippen LogP contribution in [0.15, 0.2) is 52.4 Å². The zero-order valence-electron chi connectivity index (χ0n) is 17.5. The number of amides is 1. The number of nitrogens with zero attached hydrogens (tertiary/aromatic N) is 5. The molecule has 10 nitrogen and oxygen atoms in total. The molecular weight excluding hydrogens is 412 g/mol. The summed E-state index contributed by atoms with van der Waals surface area (Å²) in [6, 6.07) is 12.8. The van der Waals surface area contributed by atoms with Gasteiger partial charge in [0.1, 0.15) is 11.6 Å². The molecule has 3 aromatic rings. The maximum atomic E-state index is 12.7. The van der Waals surface area contributed by atoms with Crippen molar-refractivity contribution in [1.82, 2.24) is 15.2 Å². The summed E-state index contributed by atoms with van der Waals surface area (Å²) in [5.41, 5.74) is 4.07. The second kappa shape index (κ2) is 9.01. The van der Waals surface area contributed by atoms with E-state index in [9.17, 15) is 25.0 Å². The Morgan fingerprint density at radius 1 is 1.22 bits per heavy atom. The van der Waals surface area contributed by atoms with E-state index in [0.717, 1.165) is 15.8 Å². The number of aryl methyl sites for hydroxylation is 2. The number of hydrazone groups is 1. The van der Waals surface area contributed by atoms with Crippen molar-refractivity contribution in [2.75, 3.05) is 0 Å². The first-order valence-electron chi connectivity index (χ1n) is 9.42. The van der Waals surface area contributed by atoms with Crippen molar-refractivity contribution >= 4 is 17.8 Å². The van der Waals surface area contributed by atoms with Crippen molar-refractivity contribution < 1.29 is 9.72 Å². The predicted molar refractivity (Wildman–Crippen MR) is 117 cm³/mol. The van der Waals surface area contributed by atoms with E-state index in [1.54, 1.807) is 18.2 Å². The van der Waals surface area contributed by atoms with Gasteiger partial charge in [0.2, 0.25) is 0 Å². The molecule has 2 aromatic carbocycles. The van der Waals surface area contributed by atoms with Crippen molar-refractivity contribution in [1.29, 1.82) is 5.26 Å². The fraction of sp³-hybridized carbons (Fsp3) is 0.136. The minimum absolute atomic E-state index is 0.114. The molecule has 0 saturated carbocycles. The lowest BCUT2D eigenvalue weighted by Crippen LogP contribution is -2.31. The first-order chi connectivity index (χ1) is 15.2. The Labute approximate surface area is 182 Å². The van der Waals surface area contributed by atoms with Crippen LogP contribution >= 0.6 is 0 Å². The number of nitrogens with one attached hydrogen (secondary N) is 1. The van der Waals surface area contributed by atoms with Crippen molar-refractivity contribution in [2.24, 2.45) is 5.10 Å². The van der Waals surface area contributed by atoms with Gasteiger partial charge >= 0.3 is 0 Å². The van der Waals surface area contributed by atoms with Gasteiger partial charge in [0.05, 0.1) is 16.8 Å². The number of rotatable bonds is 5. The van der Waals surface area contributed by atoms with E-state index >= 15 is 0 Å². The van der Waals surface area contributed by atoms with E-state index in [-0.39, 0.29) is 22.5 Å². The number of carbonyl (C=O) groups excluding carboxylic acids is 1. The fourth-order valence-electron chi connectivity index (χ4n) is 2.92. The van der Waals surface area contributed by atoms with Gasteiger partial charge in [0.25, 0.3) is 17.2 Å². The molecule has 0 aliphatic rings. The second-order valence-corrected chi connectivity index (χ2v) is 7.00. The summed E-state index contributed by atoms with van der Waals surface area (Å²) in [5.74, 6) is -0.738. The summed E-state index contributed by atoms with van der Waals surface area (Å²) in [6.45, 7) is 5.25. The van der Waals surface area contributed by atoms with Gasteiger partial charge in [-0.3, -0.25) is 19.7 Å². The Morgan fingerprint density at radius 2 is 1.97 bits per heavy atom. The number of hydrogen-bond acceptors (Lipinski definition) is 7. The van der Waals surface area contributed by atoms with E-state index in [0.29, 0.717) is 11.3 Å². The smallest absolute Gasteiger partial charge is 0.266 e. The quantitative estimate of drug-likeness (QED) is 0.374. The Morgan fingerprint density at radius 3 is 2.62 bits per heavy atom. The van der Waals surface area contributed by atoms with Crippen LogP contribution in [0.1, 0.15) is 38.3 Å². The maximum Gasteiger partial charge on any atom is 0.292 e. The number of hydrogen-bond donors (Lipinski definition) is 1. The van der Waals surface area contributed by atoms with E-state index < -0.39 is 16.4 Å². The van der Waals surface area contributed by atoms with Crippen molar-refractivity contribution in [3.8, 4) is 11.8 Å². The fourth-order valence-corrected chi connectivity index (χ4v) is 2.92. The lowest BCUT2D eigenvalue weighted by molar-refractivity contribution is -0.384. The van der Waals surface area contributed by atoms with E-state index in [1.165, 1.54) is 31.3 Å². The highest BCUT2D eigenvalue weighted by Crippen LogP contribution is 2.15. The highest BCUT2D eigenvalue weighted by molar-refractivity contribution is 5.94. The minimum Gasteiger partial charge on any atom is -0.266 e. The van der Waals surface area contributed by atoms with Crippen LogP contribution in [0.2, 0.25) is 0 Å². The molecule has 10 heteroatoms. The maximum absolute atomic E-state index is 12.7. The molecular formula is C22H18N6O4. The lowest BCUT2D eigenvalue weighted by atomic mass is 10.1. The molecule has 32 heavy (non-hydrogen) atoms. The average molecular weight is 430 g/mol. The van der Waals surface area contributed by atoms with E-state index in [2.05, 4.69) is 15.6 Å². The van der Waals surface area contributed by atoms with Crippen molar-refractivity contribution in [3.63, 3.8) is 0 Å². The number of non-ortho nitro benzene ring substituents is 1. The molecule has 1 amide bonds. The summed E-state index contributed by atoms with van der Waals surface area (Å²) in [5, 5.41) is 28.3. The third-order valence-electron chi connectivity index (χ3n) is 4.86. The SMILES string of the molecule is Cc1ccc(-n2nc(C(=O)N/N=C/c3cccc([N+](=O)[O-])c3)c(C)c(C#N)c2=O)cc1C. The van der Waals surface area contributed by atoms with Crippen LogP contribution < -0.4 is 11.0 Å². The highest BCUT2D eigenvalue weighted by Gasteiger charge is 2.20. The number of benzene rings is 2. The average Bonchev–Trinajstić information content (AvgIpc) is 2.76. The van der Waals surface area contributed by atoms with Crippen LogP contribution in [0.5, 0.6) is 0 Å². The number of nitro groups is 1. The molecule has 0 unspecified atom stereocenters. The van der Waals surface area contributed by atoms with E-state index in [1.807, 2.05) is 26.0 Å². The van der Waals surface area contributed by atoms with Gasteiger partial charge in [-0.05, 0) is 44.0 Å². The molecule has 0 fully saturated rings. The summed E-state index contributed by atoms with van der Waals surface area (Å²) >= 11 is 0. The van der Waals surface area contributed by atoms with Gasteiger partial charge < -0.3 is 0 Å². The molecule has 0 atom stereocenters. The molecule has 0 radical (unpaired) electrons.